The Bertz CT molecular complexity index is 2850. The molecule has 0 N–H and O–H groups in total. The van der Waals surface area contributed by atoms with Gasteiger partial charge in [-0.3, -0.25) is 4.98 Å². The molecule has 234 valence electrons. The fourth-order valence-electron chi connectivity index (χ4n) is 7.61. The molecule has 0 aliphatic carbocycles. The molecule has 0 saturated heterocycles. The van der Waals surface area contributed by atoms with Crippen molar-refractivity contribution in [3.63, 3.8) is 0 Å². The summed E-state index contributed by atoms with van der Waals surface area (Å²) in [5.74, 6) is 0. The number of hydrogen-bond donors (Lipinski definition) is 0. The Balaban J connectivity index is 1.16. The number of rotatable bonds is 5. The van der Waals surface area contributed by atoms with Crippen molar-refractivity contribution < 1.29 is 4.42 Å². The molecule has 10 rings (SSSR count). The van der Waals surface area contributed by atoms with E-state index in [9.17, 15) is 0 Å². The van der Waals surface area contributed by atoms with E-state index in [4.69, 9.17) is 4.42 Å². The van der Waals surface area contributed by atoms with E-state index in [-0.39, 0.29) is 0 Å². The first kappa shape index (κ1) is 28.3. The molecule has 0 radical (unpaired) electrons. The minimum Gasteiger partial charge on any atom is -0.454 e. The van der Waals surface area contributed by atoms with Crippen molar-refractivity contribution in [3.05, 3.63) is 182 Å². The van der Waals surface area contributed by atoms with Gasteiger partial charge in [-0.2, -0.15) is 0 Å². The Hall–Kier alpha value is -6.71. The molecule has 2 aromatic heterocycles. The van der Waals surface area contributed by atoms with Crippen molar-refractivity contribution in [2.24, 2.45) is 0 Å². The van der Waals surface area contributed by atoms with E-state index in [1.165, 1.54) is 43.8 Å². The van der Waals surface area contributed by atoms with Gasteiger partial charge in [0, 0.05) is 33.7 Å². The van der Waals surface area contributed by atoms with Gasteiger partial charge in [-0.15, -0.1) is 0 Å². The molecule has 3 nitrogen and oxygen atoms in total. The predicted molar refractivity (Wildman–Crippen MR) is 210 cm³/mol. The van der Waals surface area contributed by atoms with Crippen LogP contribution in [0.25, 0.3) is 76.5 Å². The summed E-state index contributed by atoms with van der Waals surface area (Å²) < 4.78 is 6.22. The van der Waals surface area contributed by atoms with Gasteiger partial charge in [0.15, 0.2) is 5.58 Å². The highest BCUT2D eigenvalue weighted by Gasteiger charge is 2.19. The van der Waals surface area contributed by atoms with E-state index in [0.29, 0.717) is 0 Å². The van der Waals surface area contributed by atoms with Crippen LogP contribution >= 0.6 is 0 Å². The van der Waals surface area contributed by atoms with Crippen LogP contribution in [0.15, 0.2) is 187 Å². The molecular weight excluding hydrogens is 609 g/mol. The minimum atomic E-state index is 0.797. The third-order valence-electron chi connectivity index (χ3n) is 9.95. The fraction of sp³-hybridized carbons (Fsp3) is 0. The molecule has 0 saturated carbocycles. The van der Waals surface area contributed by atoms with Gasteiger partial charge in [-0.25, -0.2) is 0 Å². The maximum absolute atomic E-state index is 6.22. The quantitative estimate of drug-likeness (QED) is 0.176. The van der Waals surface area contributed by atoms with E-state index in [1.807, 2.05) is 12.3 Å². The first-order valence-electron chi connectivity index (χ1n) is 16.9. The lowest BCUT2D eigenvalue weighted by atomic mass is 9.93. The van der Waals surface area contributed by atoms with Gasteiger partial charge in [0.25, 0.3) is 0 Å². The van der Waals surface area contributed by atoms with E-state index in [1.54, 1.807) is 6.20 Å². The molecule has 8 aromatic carbocycles. The summed E-state index contributed by atoms with van der Waals surface area (Å²) in [5.41, 5.74) is 9.74. The topological polar surface area (TPSA) is 29.3 Å². The number of fused-ring (bicyclic) bond motifs is 8. The van der Waals surface area contributed by atoms with Gasteiger partial charge in [-0.1, -0.05) is 115 Å². The number of nitrogens with zero attached hydrogens (tertiary/aromatic N) is 2. The maximum atomic E-state index is 6.22. The zero-order chi connectivity index (χ0) is 33.0. The molecular formula is C47H30N2O. The summed E-state index contributed by atoms with van der Waals surface area (Å²) >= 11 is 0. The molecule has 0 aliphatic rings. The lowest BCUT2D eigenvalue weighted by Crippen LogP contribution is -2.10. The van der Waals surface area contributed by atoms with Crippen LogP contribution in [-0.4, -0.2) is 4.98 Å². The van der Waals surface area contributed by atoms with Crippen LogP contribution in [0.5, 0.6) is 0 Å². The Morgan fingerprint density at radius 2 is 1.08 bits per heavy atom. The van der Waals surface area contributed by atoms with E-state index < -0.39 is 0 Å². The van der Waals surface area contributed by atoms with Gasteiger partial charge in [0.1, 0.15) is 5.58 Å². The summed E-state index contributed by atoms with van der Waals surface area (Å²) in [6.07, 6.45) is 3.63. The highest BCUT2D eigenvalue weighted by Crippen LogP contribution is 2.44. The molecule has 0 spiro atoms. The van der Waals surface area contributed by atoms with Crippen LogP contribution in [0, 0.1) is 0 Å². The first-order valence-corrected chi connectivity index (χ1v) is 16.9. The standard InChI is InChI=1S/C47H30N2O/c1-2-9-31(10-3-1)32-17-21-35(22-18-32)49(44-16-8-15-41-40(44)25-26-45-47(41)42-27-28-48-30-46(42)50-45)36-23-19-33(20-24-36)43-29-34-11-4-5-12-37(34)38-13-6-7-14-39(38)43/h1-30H. The summed E-state index contributed by atoms with van der Waals surface area (Å²) in [5, 5.41) is 9.53. The predicted octanol–water partition coefficient (Wildman–Crippen LogP) is 13.2. The third kappa shape index (κ3) is 4.56. The van der Waals surface area contributed by atoms with Crippen LogP contribution in [-0.2, 0) is 0 Å². The Morgan fingerprint density at radius 3 is 1.88 bits per heavy atom. The molecule has 10 aromatic rings. The molecule has 0 aliphatic heterocycles. The van der Waals surface area contributed by atoms with Gasteiger partial charge in [0.05, 0.1) is 11.9 Å². The zero-order valence-electron chi connectivity index (χ0n) is 27.1. The second kappa shape index (κ2) is 11.5. The Kier molecular flexibility index (Phi) is 6.49. The summed E-state index contributed by atoms with van der Waals surface area (Å²) in [7, 11) is 0. The second-order valence-electron chi connectivity index (χ2n) is 12.8. The smallest absolute Gasteiger partial charge is 0.153 e. The van der Waals surface area contributed by atoms with Crippen LogP contribution in [0.1, 0.15) is 0 Å². The first-order chi connectivity index (χ1) is 24.8. The molecule has 3 heteroatoms. The zero-order valence-corrected chi connectivity index (χ0v) is 27.1. The van der Waals surface area contributed by atoms with E-state index >= 15 is 0 Å². The van der Waals surface area contributed by atoms with Crippen molar-refractivity contribution in [1.82, 2.24) is 4.98 Å². The maximum Gasteiger partial charge on any atom is 0.153 e. The fourth-order valence-corrected chi connectivity index (χ4v) is 7.61. The van der Waals surface area contributed by atoms with Crippen LogP contribution < -0.4 is 4.90 Å². The Labute approximate surface area is 289 Å². The summed E-state index contributed by atoms with van der Waals surface area (Å²) in [6.45, 7) is 0. The van der Waals surface area contributed by atoms with Crippen molar-refractivity contribution in [2.45, 2.75) is 0 Å². The van der Waals surface area contributed by atoms with Crippen molar-refractivity contribution in [3.8, 4) is 22.3 Å². The highest BCUT2D eigenvalue weighted by molar-refractivity contribution is 6.21. The Morgan fingerprint density at radius 1 is 0.420 bits per heavy atom. The van der Waals surface area contributed by atoms with Gasteiger partial charge in [-0.05, 0) is 104 Å². The number of anilines is 3. The average Bonchev–Trinajstić information content (AvgIpc) is 3.58. The summed E-state index contributed by atoms with van der Waals surface area (Å²) in [6, 6.07) is 61.0. The normalized spacial score (nSPS) is 11.6. The lowest BCUT2D eigenvalue weighted by Gasteiger charge is -2.27. The largest absolute Gasteiger partial charge is 0.454 e. The van der Waals surface area contributed by atoms with Crippen molar-refractivity contribution in [1.29, 1.82) is 0 Å². The average molecular weight is 639 g/mol. The minimum absolute atomic E-state index is 0.797. The van der Waals surface area contributed by atoms with Crippen LogP contribution in [0.4, 0.5) is 17.1 Å². The SMILES string of the molecule is c1ccc(-c2ccc(N(c3ccc(-c4cc5ccccc5c5ccccc45)cc3)c3cccc4c3ccc3oc5cnccc5c34)cc2)cc1. The van der Waals surface area contributed by atoms with Crippen LogP contribution in [0.2, 0.25) is 0 Å². The van der Waals surface area contributed by atoms with Crippen molar-refractivity contribution in [2.75, 3.05) is 4.90 Å². The molecule has 50 heavy (non-hydrogen) atoms. The molecule has 2 heterocycles. The van der Waals surface area contributed by atoms with Gasteiger partial charge < -0.3 is 9.32 Å². The number of pyridine rings is 1. The second-order valence-corrected chi connectivity index (χ2v) is 12.8. The molecule has 0 amide bonds. The van der Waals surface area contributed by atoms with E-state index in [2.05, 4.69) is 174 Å². The number of furan rings is 1. The lowest BCUT2D eigenvalue weighted by molar-refractivity contribution is 0.667. The van der Waals surface area contributed by atoms with Gasteiger partial charge in [0.2, 0.25) is 0 Å². The molecule has 0 bridgehead atoms. The molecule has 0 atom stereocenters. The monoisotopic (exact) mass is 638 g/mol. The van der Waals surface area contributed by atoms with E-state index in [0.717, 1.165) is 49.8 Å². The highest BCUT2D eigenvalue weighted by atomic mass is 16.3. The van der Waals surface area contributed by atoms with Crippen LogP contribution in [0.3, 0.4) is 0 Å². The number of hydrogen-bond acceptors (Lipinski definition) is 3. The summed E-state index contributed by atoms with van der Waals surface area (Å²) in [4.78, 5) is 6.67. The van der Waals surface area contributed by atoms with Crippen molar-refractivity contribution >= 4 is 71.3 Å². The number of aromatic nitrogens is 1. The third-order valence-corrected chi connectivity index (χ3v) is 9.95. The molecule has 0 fully saturated rings. The molecule has 0 unspecified atom stereocenters. The van der Waals surface area contributed by atoms with Gasteiger partial charge >= 0.3 is 0 Å². The number of benzene rings is 8.